The SMILES string of the molecule is Cc1ccc(C)c2c1NC(c1ccccc1[N+](=O)[O-])C1CC=CC21. The van der Waals surface area contributed by atoms with Gasteiger partial charge in [0.1, 0.15) is 0 Å². The molecule has 24 heavy (non-hydrogen) atoms. The highest BCUT2D eigenvalue weighted by atomic mass is 16.6. The number of nitrogens with zero attached hydrogens (tertiary/aromatic N) is 1. The van der Waals surface area contributed by atoms with Crippen molar-refractivity contribution in [3.8, 4) is 0 Å². The molecule has 0 spiro atoms. The molecule has 0 aromatic heterocycles. The number of hydrogen-bond donors (Lipinski definition) is 1. The van der Waals surface area contributed by atoms with Gasteiger partial charge in [-0.3, -0.25) is 10.1 Å². The Kier molecular flexibility index (Phi) is 3.41. The van der Waals surface area contributed by atoms with Gasteiger partial charge in [-0.25, -0.2) is 0 Å². The van der Waals surface area contributed by atoms with Crippen LogP contribution in [0.15, 0.2) is 48.6 Å². The normalized spacial score (nSPS) is 24.2. The molecule has 0 amide bonds. The molecule has 0 fully saturated rings. The van der Waals surface area contributed by atoms with Gasteiger partial charge in [0.15, 0.2) is 0 Å². The van der Waals surface area contributed by atoms with Crippen LogP contribution in [0.1, 0.15) is 40.6 Å². The monoisotopic (exact) mass is 320 g/mol. The van der Waals surface area contributed by atoms with E-state index in [0.717, 1.165) is 17.7 Å². The van der Waals surface area contributed by atoms with Crippen LogP contribution in [0.4, 0.5) is 11.4 Å². The summed E-state index contributed by atoms with van der Waals surface area (Å²) in [6, 6.07) is 11.4. The second kappa shape index (κ2) is 5.48. The van der Waals surface area contributed by atoms with Crippen molar-refractivity contribution in [2.45, 2.75) is 32.2 Å². The third kappa shape index (κ3) is 2.13. The van der Waals surface area contributed by atoms with Crippen molar-refractivity contribution in [3.05, 3.63) is 80.9 Å². The van der Waals surface area contributed by atoms with Gasteiger partial charge >= 0.3 is 0 Å². The molecule has 0 saturated carbocycles. The second-order valence-corrected chi connectivity index (χ2v) is 6.78. The summed E-state index contributed by atoms with van der Waals surface area (Å²) in [6.45, 7) is 4.25. The molecular weight excluding hydrogens is 300 g/mol. The van der Waals surface area contributed by atoms with E-state index in [-0.39, 0.29) is 16.7 Å². The molecule has 2 aliphatic rings. The van der Waals surface area contributed by atoms with Crippen molar-refractivity contribution < 1.29 is 4.92 Å². The van der Waals surface area contributed by atoms with Crippen molar-refractivity contribution >= 4 is 11.4 Å². The van der Waals surface area contributed by atoms with Crippen molar-refractivity contribution in [1.82, 2.24) is 0 Å². The van der Waals surface area contributed by atoms with Crippen molar-refractivity contribution in [2.24, 2.45) is 5.92 Å². The highest BCUT2D eigenvalue weighted by molar-refractivity contribution is 5.67. The van der Waals surface area contributed by atoms with E-state index in [2.05, 4.69) is 43.4 Å². The first-order chi connectivity index (χ1) is 11.6. The van der Waals surface area contributed by atoms with Gasteiger partial charge in [0.2, 0.25) is 0 Å². The summed E-state index contributed by atoms with van der Waals surface area (Å²) in [6.07, 6.45) is 5.44. The average Bonchev–Trinajstić information content (AvgIpc) is 3.06. The molecule has 3 atom stereocenters. The standard InChI is InChI=1S/C20H20N2O2/c1-12-10-11-13(2)19-18(12)14-7-5-8-15(14)20(21-19)16-6-3-4-9-17(16)22(23)24/h3-7,9-11,14-15,20-21H,8H2,1-2H3. The zero-order chi connectivity index (χ0) is 16.8. The lowest BCUT2D eigenvalue weighted by atomic mass is 9.74. The Bertz CT molecular complexity index is 857. The quantitative estimate of drug-likeness (QED) is 0.479. The van der Waals surface area contributed by atoms with E-state index in [1.165, 1.54) is 16.7 Å². The van der Waals surface area contributed by atoms with E-state index >= 15 is 0 Å². The topological polar surface area (TPSA) is 55.2 Å². The molecule has 1 heterocycles. The third-order valence-electron chi connectivity index (χ3n) is 5.41. The number of hydrogen-bond acceptors (Lipinski definition) is 3. The van der Waals surface area contributed by atoms with Crippen LogP contribution in [0.2, 0.25) is 0 Å². The maximum absolute atomic E-state index is 11.5. The molecule has 2 aromatic carbocycles. The fourth-order valence-corrected chi connectivity index (χ4v) is 4.27. The van der Waals surface area contributed by atoms with Gasteiger partial charge in [0.05, 0.1) is 16.5 Å². The maximum atomic E-state index is 11.5. The van der Waals surface area contributed by atoms with Crippen LogP contribution >= 0.6 is 0 Å². The highest BCUT2D eigenvalue weighted by Gasteiger charge is 2.41. The van der Waals surface area contributed by atoms with Crippen LogP contribution in [0, 0.1) is 29.9 Å². The van der Waals surface area contributed by atoms with Crippen LogP contribution < -0.4 is 5.32 Å². The van der Waals surface area contributed by atoms with Gasteiger partial charge < -0.3 is 5.32 Å². The molecule has 1 N–H and O–H groups in total. The zero-order valence-electron chi connectivity index (χ0n) is 13.8. The third-order valence-corrected chi connectivity index (χ3v) is 5.41. The largest absolute Gasteiger partial charge is 0.377 e. The molecular formula is C20H20N2O2. The molecule has 0 radical (unpaired) electrons. The van der Waals surface area contributed by atoms with Crippen molar-refractivity contribution in [3.63, 3.8) is 0 Å². The Labute approximate surface area is 141 Å². The van der Waals surface area contributed by atoms with E-state index in [1.54, 1.807) is 12.1 Å². The minimum Gasteiger partial charge on any atom is -0.377 e. The fourth-order valence-electron chi connectivity index (χ4n) is 4.27. The van der Waals surface area contributed by atoms with Crippen LogP contribution in [0.5, 0.6) is 0 Å². The lowest BCUT2D eigenvalue weighted by molar-refractivity contribution is -0.385. The minimum absolute atomic E-state index is 0.0420. The van der Waals surface area contributed by atoms with E-state index < -0.39 is 0 Å². The summed E-state index contributed by atoms with van der Waals surface area (Å²) in [7, 11) is 0. The lowest BCUT2D eigenvalue weighted by Crippen LogP contribution is -2.30. The number of nitrogens with one attached hydrogen (secondary N) is 1. The molecule has 0 saturated heterocycles. The molecule has 122 valence electrons. The molecule has 1 aliphatic heterocycles. The Morgan fingerprint density at radius 3 is 2.67 bits per heavy atom. The van der Waals surface area contributed by atoms with Gasteiger partial charge in [-0.15, -0.1) is 0 Å². The number of aryl methyl sites for hydroxylation is 2. The smallest absolute Gasteiger partial charge is 0.274 e. The van der Waals surface area contributed by atoms with E-state index in [9.17, 15) is 10.1 Å². The Morgan fingerprint density at radius 2 is 1.88 bits per heavy atom. The lowest BCUT2D eigenvalue weighted by Gasteiger charge is -2.39. The number of nitro groups is 1. The molecule has 4 nitrogen and oxygen atoms in total. The Balaban J connectivity index is 1.88. The summed E-state index contributed by atoms with van der Waals surface area (Å²) >= 11 is 0. The number of nitro benzene ring substituents is 1. The van der Waals surface area contributed by atoms with Crippen molar-refractivity contribution in [1.29, 1.82) is 0 Å². The number of anilines is 1. The van der Waals surface area contributed by atoms with E-state index in [0.29, 0.717) is 11.8 Å². The Morgan fingerprint density at radius 1 is 1.12 bits per heavy atom. The van der Waals surface area contributed by atoms with Gasteiger partial charge in [0.25, 0.3) is 5.69 Å². The highest BCUT2D eigenvalue weighted by Crippen LogP contribution is 2.52. The maximum Gasteiger partial charge on any atom is 0.274 e. The van der Waals surface area contributed by atoms with Crippen LogP contribution in [0.3, 0.4) is 0 Å². The minimum atomic E-state index is -0.271. The molecule has 4 heteroatoms. The predicted octanol–water partition coefficient (Wildman–Crippen LogP) is 5.04. The molecule has 3 unspecified atom stereocenters. The molecule has 2 aromatic rings. The fraction of sp³-hybridized carbons (Fsp3) is 0.300. The van der Waals surface area contributed by atoms with Gasteiger partial charge in [-0.2, -0.15) is 0 Å². The van der Waals surface area contributed by atoms with Crippen LogP contribution in [-0.4, -0.2) is 4.92 Å². The first-order valence-electron chi connectivity index (χ1n) is 8.34. The van der Waals surface area contributed by atoms with Crippen LogP contribution in [0.25, 0.3) is 0 Å². The molecule has 4 rings (SSSR count). The second-order valence-electron chi connectivity index (χ2n) is 6.78. The summed E-state index contributed by atoms with van der Waals surface area (Å²) in [5.41, 5.74) is 5.96. The Hall–Kier alpha value is -2.62. The number of fused-ring (bicyclic) bond motifs is 3. The number of rotatable bonds is 2. The predicted molar refractivity (Wildman–Crippen MR) is 95.4 cm³/mol. The van der Waals surface area contributed by atoms with Gasteiger partial charge in [-0.05, 0) is 42.9 Å². The summed E-state index contributed by atoms with van der Waals surface area (Å²) in [4.78, 5) is 11.2. The van der Waals surface area contributed by atoms with Crippen molar-refractivity contribution in [2.75, 3.05) is 5.32 Å². The summed E-state index contributed by atoms with van der Waals surface area (Å²) in [5.74, 6) is 0.644. The molecule has 1 aliphatic carbocycles. The molecule has 0 bridgehead atoms. The summed E-state index contributed by atoms with van der Waals surface area (Å²) in [5, 5.41) is 15.1. The summed E-state index contributed by atoms with van der Waals surface area (Å²) < 4.78 is 0. The first-order valence-corrected chi connectivity index (χ1v) is 8.34. The number of para-hydroxylation sites is 1. The first kappa shape index (κ1) is 14.9. The van der Waals surface area contributed by atoms with Gasteiger partial charge in [-0.1, -0.05) is 42.5 Å². The van der Waals surface area contributed by atoms with Crippen LogP contribution in [-0.2, 0) is 0 Å². The number of benzene rings is 2. The van der Waals surface area contributed by atoms with E-state index in [1.807, 2.05) is 12.1 Å². The van der Waals surface area contributed by atoms with E-state index in [4.69, 9.17) is 0 Å². The number of allylic oxidation sites excluding steroid dienone is 2. The zero-order valence-corrected chi connectivity index (χ0v) is 13.8. The average molecular weight is 320 g/mol. The van der Waals surface area contributed by atoms with Gasteiger partial charge in [0, 0.05) is 17.7 Å².